The Hall–Kier alpha value is -1.63. The summed E-state index contributed by atoms with van der Waals surface area (Å²) < 4.78 is 13.7. The van der Waals surface area contributed by atoms with Gasteiger partial charge in [-0.15, -0.1) is 0 Å². The number of rotatable bonds is 0. The smallest absolute Gasteiger partial charge is 0.123 e. The van der Waals surface area contributed by atoms with Gasteiger partial charge in [0.1, 0.15) is 5.82 Å². The number of hydrogen-bond acceptors (Lipinski definition) is 0. The summed E-state index contributed by atoms with van der Waals surface area (Å²) in [5.41, 5.74) is 5.54. The lowest BCUT2D eigenvalue weighted by Gasteiger charge is -2.32. The second kappa shape index (κ2) is 4.73. The molecule has 2 aromatic carbocycles. The highest BCUT2D eigenvalue weighted by Gasteiger charge is 2.33. The zero-order valence-corrected chi connectivity index (χ0v) is 11.6. The van der Waals surface area contributed by atoms with Gasteiger partial charge in [0, 0.05) is 0 Å². The van der Waals surface area contributed by atoms with Crippen LogP contribution in [0.5, 0.6) is 0 Å². The van der Waals surface area contributed by atoms with Gasteiger partial charge in [0.25, 0.3) is 0 Å². The summed E-state index contributed by atoms with van der Waals surface area (Å²) >= 11 is 0. The monoisotopic (exact) mass is 266 g/mol. The zero-order valence-electron chi connectivity index (χ0n) is 11.6. The fraction of sp³-hybridized carbons (Fsp3) is 0.368. The van der Waals surface area contributed by atoms with Crippen molar-refractivity contribution < 1.29 is 4.39 Å². The van der Waals surface area contributed by atoms with E-state index in [0.29, 0.717) is 11.8 Å². The van der Waals surface area contributed by atoms with Crippen LogP contribution in [0, 0.1) is 5.82 Å². The van der Waals surface area contributed by atoms with E-state index < -0.39 is 0 Å². The van der Waals surface area contributed by atoms with E-state index >= 15 is 0 Å². The molecule has 2 aliphatic rings. The first-order valence-corrected chi connectivity index (χ1v) is 7.69. The predicted octanol–water partition coefficient (Wildman–Crippen LogP) is 5.17. The van der Waals surface area contributed by atoms with E-state index in [0.717, 1.165) is 6.42 Å². The third kappa shape index (κ3) is 1.88. The van der Waals surface area contributed by atoms with Crippen LogP contribution in [-0.2, 0) is 6.42 Å². The highest BCUT2D eigenvalue weighted by Crippen LogP contribution is 2.48. The molecule has 1 unspecified atom stereocenters. The van der Waals surface area contributed by atoms with Crippen molar-refractivity contribution in [3.05, 3.63) is 70.5 Å². The van der Waals surface area contributed by atoms with Crippen LogP contribution in [0.3, 0.4) is 0 Å². The molecule has 0 aliphatic heterocycles. The van der Waals surface area contributed by atoms with Crippen molar-refractivity contribution in [2.24, 2.45) is 0 Å². The molecule has 1 fully saturated rings. The number of benzene rings is 2. The third-order valence-electron chi connectivity index (χ3n) is 5.11. The molecule has 0 bridgehead atoms. The van der Waals surface area contributed by atoms with Gasteiger partial charge in [0.15, 0.2) is 0 Å². The van der Waals surface area contributed by atoms with Gasteiger partial charge >= 0.3 is 0 Å². The van der Waals surface area contributed by atoms with Gasteiger partial charge in [-0.1, -0.05) is 43.2 Å². The van der Waals surface area contributed by atoms with Crippen molar-refractivity contribution in [1.29, 1.82) is 0 Å². The first-order chi connectivity index (χ1) is 9.83. The molecule has 2 atom stereocenters. The largest absolute Gasteiger partial charge is 0.207 e. The molecule has 0 amide bonds. The van der Waals surface area contributed by atoms with Crippen LogP contribution in [0.1, 0.15) is 59.8 Å². The number of hydrogen-bond donors (Lipinski definition) is 0. The normalized spacial score (nSPS) is 24.2. The minimum absolute atomic E-state index is 0.0842. The predicted molar refractivity (Wildman–Crippen MR) is 79.6 cm³/mol. The molecule has 2 aromatic rings. The maximum atomic E-state index is 13.7. The minimum Gasteiger partial charge on any atom is -0.207 e. The maximum Gasteiger partial charge on any atom is 0.123 e. The summed E-state index contributed by atoms with van der Waals surface area (Å²) in [5, 5.41) is 0. The van der Waals surface area contributed by atoms with Crippen molar-refractivity contribution in [2.75, 3.05) is 0 Å². The molecule has 1 heteroatoms. The Kier molecular flexibility index (Phi) is 2.87. The fourth-order valence-electron chi connectivity index (χ4n) is 4.21. The lowest BCUT2D eigenvalue weighted by atomic mass is 9.72. The second-order valence-electron chi connectivity index (χ2n) is 6.22. The molecule has 2 aliphatic carbocycles. The summed E-state index contributed by atoms with van der Waals surface area (Å²) in [4.78, 5) is 0. The van der Waals surface area contributed by atoms with Crippen LogP contribution in [0.2, 0.25) is 0 Å². The first kappa shape index (κ1) is 12.1. The van der Waals surface area contributed by atoms with Gasteiger partial charge in [0.05, 0.1) is 0 Å². The molecule has 0 saturated heterocycles. The van der Waals surface area contributed by atoms with Crippen molar-refractivity contribution in [2.45, 2.75) is 43.9 Å². The Morgan fingerprint density at radius 2 is 1.50 bits per heavy atom. The van der Waals surface area contributed by atoms with Crippen LogP contribution < -0.4 is 0 Å². The fourth-order valence-corrected chi connectivity index (χ4v) is 4.21. The highest BCUT2D eigenvalue weighted by atomic mass is 19.1. The Morgan fingerprint density at radius 3 is 2.35 bits per heavy atom. The molecule has 102 valence electrons. The molecule has 4 rings (SSSR count). The standard InChI is InChI=1S/C19H19F/c20-15-10-9-14-11-13-5-1-2-6-16(13)17-7-3-4-8-18(17)19(14)12-15/h1-2,5-6,9-10,12,17-18H,3-4,7-8,11H2/t17-,18?/m1/s1. The molecular formula is C19H19F. The molecule has 0 nitrogen and oxygen atoms in total. The van der Waals surface area contributed by atoms with Crippen LogP contribution in [0.15, 0.2) is 42.5 Å². The third-order valence-corrected chi connectivity index (χ3v) is 5.11. The molecule has 0 N–H and O–H groups in total. The van der Waals surface area contributed by atoms with E-state index in [2.05, 4.69) is 24.3 Å². The SMILES string of the molecule is Fc1ccc2c(c1)C1CCCC[C@@H]1c1ccccc1C2. The lowest BCUT2D eigenvalue weighted by Crippen LogP contribution is -2.16. The second-order valence-corrected chi connectivity index (χ2v) is 6.22. The van der Waals surface area contributed by atoms with E-state index in [1.54, 1.807) is 12.1 Å². The van der Waals surface area contributed by atoms with Crippen LogP contribution >= 0.6 is 0 Å². The average molecular weight is 266 g/mol. The summed E-state index contributed by atoms with van der Waals surface area (Å²) in [6.07, 6.45) is 5.99. The van der Waals surface area contributed by atoms with Crippen molar-refractivity contribution >= 4 is 0 Å². The van der Waals surface area contributed by atoms with E-state index in [9.17, 15) is 4.39 Å². The van der Waals surface area contributed by atoms with Crippen LogP contribution in [-0.4, -0.2) is 0 Å². The van der Waals surface area contributed by atoms with Gasteiger partial charge in [0.2, 0.25) is 0 Å². The molecule has 20 heavy (non-hydrogen) atoms. The molecule has 0 spiro atoms. The summed E-state index contributed by atoms with van der Waals surface area (Å²) in [5.74, 6) is 1.01. The molecule has 1 saturated carbocycles. The van der Waals surface area contributed by atoms with Crippen molar-refractivity contribution in [3.63, 3.8) is 0 Å². The van der Waals surface area contributed by atoms with E-state index in [4.69, 9.17) is 0 Å². The molecule has 0 radical (unpaired) electrons. The molecule has 0 aromatic heterocycles. The number of halogens is 1. The van der Waals surface area contributed by atoms with Crippen molar-refractivity contribution in [3.8, 4) is 0 Å². The van der Waals surface area contributed by atoms with Gasteiger partial charge in [-0.05, 0) is 65.5 Å². The summed E-state index contributed by atoms with van der Waals surface area (Å²) in [6, 6.07) is 14.2. The minimum atomic E-state index is -0.0842. The lowest BCUT2D eigenvalue weighted by molar-refractivity contribution is 0.386. The van der Waals surface area contributed by atoms with E-state index in [1.165, 1.54) is 47.9 Å². The van der Waals surface area contributed by atoms with Gasteiger partial charge in [-0.2, -0.15) is 0 Å². The van der Waals surface area contributed by atoms with Gasteiger partial charge < -0.3 is 0 Å². The van der Waals surface area contributed by atoms with E-state index in [1.807, 2.05) is 6.07 Å². The van der Waals surface area contributed by atoms with Gasteiger partial charge in [-0.3, -0.25) is 0 Å². The van der Waals surface area contributed by atoms with Crippen molar-refractivity contribution in [1.82, 2.24) is 0 Å². The Labute approximate surface area is 119 Å². The first-order valence-electron chi connectivity index (χ1n) is 7.69. The number of fused-ring (bicyclic) bond motifs is 5. The summed E-state index contributed by atoms with van der Waals surface area (Å²) in [6.45, 7) is 0. The highest BCUT2D eigenvalue weighted by molar-refractivity contribution is 5.45. The average Bonchev–Trinajstić information content (AvgIpc) is 2.62. The van der Waals surface area contributed by atoms with Gasteiger partial charge in [-0.25, -0.2) is 4.39 Å². The van der Waals surface area contributed by atoms with Crippen LogP contribution in [0.25, 0.3) is 0 Å². The van der Waals surface area contributed by atoms with E-state index in [-0.39, 0.29) is 5.82 Å². The molecule has 0 heterocycles. The maximum absolute atomic E-state index is 13.7. The Morgan fingerprint density at radius 1 is 0.800 bits per heavy atom. The quantitative estimate of drug-likeness (QED) is 0.617. The topological polar surface area (TPSA) is 0 Å². The molecular weight excluding hydrogens is 247 g/mol. The summed E-state index contributed by atoms with van der Waals surface area (Å²) in [7, 11) is 0. The zero-order chi connectivity index (χ0) is 13.5. The van der Waals surface area contributed by atoms with Crippen LogP contribution in [0.4, 0.5) is 4.39 Å². The Balaban J connectivity index is 1.92. The Bertz CT molecular complexity index is 644.